The summed E-state index contributed by atoms with van der Waals surface area (Å²) >= 11 is 6.42. The molecular formula is C23H23ClFN5O2. The van der Waals surface area contributed by atoms with E-state index < -0.39 is 0 Å². The summed E-state index contributed by atoms with van der Waals surface area (Å²) in [7, 11) is 1.50. The molecule has 1 fully saturated rings. The second-order valence-electron chi connectivity index (χ2n) is 7.55. The van der Waals surface area contributed by atoms with Crippen molar-refractivity contribution in [2.24, 2.45) is 0 Å². The molecule has 32 heavy (non-hydrogen) atoms. The number of hydrogen-bond donors (Lipinski definition) is 1. The van der Waals surface area contributed by atoms with E-state index in [1.165, 1.54) is 19.2 Å². The molecule has 1 N–H and O–H groups in total. The quantitative estimate of drug-likeness (QED) is 0.610. The minimum Gasteiger partial charge on any atom is -0.375 e. The number of anilines is 1. The zero-order valence-corrected chi connectivity index (χ0v) is 18.3. The SMILES string of the molecule is COCC(=O)NC1CCN(c2cnc(-c3ccc(F)cc3)c(-c3ccncc3Cl)n2)CC1. The van der Waals surface area contributed by atoms with Crippen LogP contribution in [-0.4, -0.2) is 53.7 Å². The summed E-state index contributed by atoms with van der Waals surface area (Å²) in [6, 6.07) is 8.03. The Kier molecular flexibility index (Phi) is 6.92. The summed E-state index contributed by atoms with van der Waals surface area (Å²) in [5.41, 5.74) is 2.67. The number of nitrogens with zero attached hydrogens (tertiary/aromatic N) is 4. The molecule has 0 bridgehead atoms. The fraction of sp³-hybridized carbons (Fsp3) is 0.304. The normalized spacial score (nSPS) is 14.4. The van der Waals surface area contributed by atoms with Crippen LogP contribution in [0.3, 0.4) is 0 Å². The first-order valence-electron chi connectivity index (χ1n) is 10.3. The number of ether oxygens (including phenoxy) is 1. The standard InChI is InChI=1S/C23H23ClFN5O2/c1-32-14-21(31)28-17-7-10-30(11-8-17)20-13-27-22(15-2-4-16(25)5-3-15)23(29-20)18-6-9-26-12-19(18)24/h2-6,9,12-13,17H,7-8,10-11,14H2,1H3,(H,28,31). The molecule has 9 heteroatoms. The van der Waals surface area contributed by atoms with E-state index in [2.05, 4.69) is 20.2 Å². The maximum absolute atomic E-state index is 13.4. The van der Waals surface area contributed by atoms with Crippen molar-refractivity contribution in [1.29, 1.82) is 0 Å². The Bertz CT molecular complexity index is 1090. The Morgan fingerprint density at radius 1 is 1.19 bits per heavy atom. The number of hydrogen-bond acceptors (Lipinski definition) is 6. The van der Waals surface area contributed by atoms with Gasteiger partial charge in [-0.15, -0.1) is 0 Å². The van der Waals surface area contributed by atoms with Crippen molar-refractivity contribution in [2.75, 3.05) is 31.7 Å². The number of benzene rings is 1. The van der Waals surface area contributed by atoms with Crippen LogP contribution >= 0.6 is 11.6 Å². The predicted octanol–water partition coefficient (Wildman–Crippen LogP) is 3.73. The molecule has 0 saturated carbocycles. The maximum Gasteiger partial charge on any atom is 0.246 e. The molecule has 1 aromatic carbocycles. The molecule has 0 unspecified atom stereocenters. The largest absolute Gasteiger partial charge is 0.375 e. The van der Waals surface area contributed by atoms with E-state index in [-0.39, 0.29) is 24.4 Å². The van der Waals surface area contributed by atoms with Gasteiger partial charge in [0.1, 0.15) is 23.9 Å². The lowest BCUT2D eigenvalue weighted by Gasteiger charge is -2.33. The lowest BCUT2D eigenvalue weighted by Crippen LogP contribution is -2.45. The van der Waals surface area contributed by atoms with Crippen LogP contribution in [0.1, 0.15) is 12.8 Å². The van der Waals surface area contributed by atoms with Crippen LogP contribution in [0.25, 0.3) is 22.5 Å². The molecule has 166 valence electrons. The first-order chi connectivity index (χ1) is 15.5. The fourth-order valence-electron chi connectivity index (χ4n) is 3.76. The van der Waals surface area contributed by atoms with Crippen LogP contribution in [0.2, 0.25) is 5.02 Å². The Labute approximate surface area is 190 Å². The van der Waals surface area contributed by atoms with E-state index in [0.717, 1.165) is 37.3 Å². The predicted molar refractivity (Wildman–Crippen MR) is 121 cm³/mol. The molecular weight excluding hydrogens is 433 g/mol. The van der Waals surface area contributed by atoms with Crippen LogP contribution < -0.4 is 10.2 Å². The minimum absolute atomic E-state index is 0.0621. The Hall–Kier alpha value is -3.10. The maximum atomic E-state index is 13.4. The summed E-state index contributed by atoms with van der Waals surface area (Å²) in [6.07, 6.45) is 6.53. The zero-order valence-electron chi connectivity index (χ0n) is 17.6. The van der Waals surface area contributed by atoms with Gasteiger partial charge in [-0.25, -0.2) is 9.37 Å². The van der Waals surface area contributed by atoms with Crippen molar-refractivity contribution in [2.45, 2.75) is 18.9 Å². The second kappa shape index (κ2) is 10.0. The summed E-state index contributed by atoms with van der Waals surface area (Å²) in [5.74, 6) is 0.298. The summed E-state index contributed by atoms with van der Waals surface area (Å²) in [4.78, 5) is 27.5. The molecule has 7 nitrogen and oxygen atoms in total. The smallest absolute Gasteiger partial charge is 0.246 e. The monoisotopic (exact) mass is 455 g/mol. The van der Waals surface area contributed by atoms with Gasteiger partial charge < -0.3 is 15.0 Å². The molecule has 0 atom stereocenters. The van der Waals surface area contributed by atoms with Crippen molar-refractivity contribution in [3.63, 3.8) is 0 Å². The third kappa shape index (κ3) is 5.03. The molecule has 1 aliphatic rings. The number of halogens is 2. The van der Waals surface area contributed by atoms with Crippen molar-refractivity contribution in [1.82, 2.24) is 20.3 Å². The Morgan fingerprint density at radius 3 is 2.62 bits per heavy atom. The third-order valence-corrected chi connectivity index (χ3v) is 5.67. The zero-order chi connectivity index (χ0) is 22.5. The number of aromatic nitrogens is 3. The van der Waals surface area contributed by atoms with Crippen molar-refractivity contribution < 1.29 is 13.9 Å². The third-order valence-electron chi connectivity index (χ3n) is 5.36. The summed E-state index contributed by atoms with van der Waals surface area (Å²) < 4.78 is 18.3. The Morgan fingerprint density at radius 2 is 1.94 bits per heavy atom. The van der Waals surface area contributed by atoms with E-state index >= 15 is 0 Å². The number of carbonyl (C=O) groups is 1. The highest BCUT2D eigenvalue weighted by atomic mass is 35.5. The number of pyridine rings is 1. The van der Waals surface area contributed by atoms with E-state index in [1.54, 1.807) is 36.8 Å². The van der Waals surface area contributed by atoms with Gasteiger partial charge in [-0.2, -0.15) is 0 Å². The van der Waals surface area contributed by atoms with Gasteiger partial charge in [-0.1, -0.05) is 11.6 Å². The van der Waals surface area contributed by atoms with Gasteiger partial charge in [0, 0.05) is 49.8 Å². The number of amides is 1. The molecule has 1 amide bonds. The topological polar surface area (TPSA) is 80.2 Å². The second-order valence-corrected chi connectivity index (χ2v) is 7.96. The number of carbonyl (C=O) groups excluding carboxylic acids is 1. The molecule has 1 saturated heterocycles. The first kappa shape index (κ1) is 22.1. The summed E-state index contributed by atoms with van der Waals surface area (Å²) in [5, 5.41) is 3.45. The molecule has 1 aliphatic heterocycles. The van der Waals surface area contributed by atoms with Gasteiger partial charge in [-0.05, 0) is 43.2 Å². The average Bonchev–Trinajstić information content (AvgIpc) is 2.80. The van der Waals surface area contributed by atoms with Crippen LogP contribution in [0.15, 0.2) is 48.9 Å². The number of rotatable bonds is 6. The fourth-order valence-corrected chi connectivity index (χ4v) is 3.97. The lowest BCUT2D eigenvalue weighted by atomic mass is 10.0. The molecule has 3 aromatic rings. The highest BCUT2D eigenvalue weighted by Gasteiger charge is 2.23. The van der Waals surface area contributed by atoms with Crippen LogP contribution in [0, 0.1) is 5.82 Å². The van der Waals surface area contributed by atoms with Gasteiger partial charge in [0.25, 0.3) is 0 Å². The van der Waals surface area contributed by atoms with Crippen LogP contribution in [0.4, 0.5) is 10.2 Å². The van der Waals surface area contributed by atoms with E-state index in [9.17, 15) is 9.18 Å². The number of nitrogens with one attached hydrogen (secondary N) is 1. The van der Waals surface area contributed by atoms with Crippen LogP contribution in [-0.2, 0) is 9.53 Å². The highest BCUT2D eigenvalue weighted by molar-refractivity contribution is 6.33. The molecule has 0 radical (unpaired) electrons. The molecule has 0 spiro atoms. The van der Waals surface area contributed by atoms with Gasteiger partial charge in [0.05, 0.1) is 16.9 Å². The van der Waals surface area contributed by atoms with Crippen molar-refractivity contribution in [3.8, 4) is 22.5 Å². The van der Waals surface area contributed by atoms with Gasteiger partial charge in [0.2, 0.25) is 5.91 Å². The lowest BCUT2D eigenvalue weighted by molar-refractivity contribution is -0.125. The van der Waals surface area contributed by atoms with E-state index in [4.69, 9.17) is 21.3 Å². The van der Waals surface area contributed by atoms with E-state index in [0.29, 0.717) is 22.0 Å². The highest BCUT2D eigenvalue weighted by Crippen LogP contribution is 2.34. The van der Waals surface area contributed by atoms with Crippen LogP contribution in [0.5, 0.6) is 0 Å². The van der Waals surface area contributed by atoms with Gasteiger partial charge in [-0.3, -0.25) is 14.8 Å². The molecule has 2 aromatic heterocycles. The van der Waals surface area contributed by atoms with Crippen molar-refractivity contribution in [3.05, 3.63) is 59.8 Å². The van der Waals surface area contributed by atoms with Gasteiger partial charge >= 0.3 is 0 Å². The average molecular weight is 456 g/mol. The first-order valence-corrected chi connectivity index (χ1v) is 10.7. The number of piperidine rings is 1. The molecule has 4 rings (SSSR count). The van der Waals surface area contributed by atoms with Gasteiger partial charge in [0.15, 0.2) is 0 Å². The van der Waals surface area contributed by atoms with E-state index in [1.807, 2.05) is 0 Å². The van der Waals surface area contributed by atoms with Crippen molar-refractivity contribution >= 4 is 23.3 Å². The summed E-state index contributed by atoms with van der Waals surface area (Å²) in [6.45, 7) is 1.52. The molecule has 0 aliphatic carbocycles. The molecule has 3 heterocycles. The number of methoxy groups -OCH3 is 1. The minimum atomic E-state index is -0.317. The Balaban J connectivity index is 1.61.